The van der Waals surface area contributed by atoms with Gasteiger partial charge in [-0.3, -0.25) is 29.0 Å². The van der Waals surface area contributed by atoms with Gasteiger partial charge in [0, 0.05) is 18.6 Å². The van der Waals surface area contributed by atoms with E-state index >= 15 is 8.78 Å². The van der Waals surface area contributed by atoms with Crippen LogP contribution in [0, 0.1) is 10.1 Å². The highest BCUT2D eigenvalue weighted by molar-refractivity contribution is 7.51. The molecule has 0 saturated carbocycles. The number of halogens is 3. The molecule has 4 atom stereocenters. The molecule has 0 spiro atoms. The van der Waals surface area contributed by atoms with E-state index in [0.29, 0.717) is 23.3 Å². The highest BCUT2D eigenvalue weighted by atomic mass is 35.5. The molecular weight excluding hydrogens is 627 g/mol. The van der Waals surface area contributed by atoms with Crippen molar-refractivity contribution in [3.05, 3.63) is 63.4 Å². The van der Waals surface area contributed by atoms with Crippen LogP contribution in [-0.2, 0) is 29.7 Å². The molecule has 1 aliphatic heterocycles. The quantitative estimate of drug-likeness (QED) is 0.0664. The maximum atomic E-state index is 15.1. The van der Waals surface area contributed by atoms with Gasteiger partial charge in [-0.15, -0.1) is 11.6 Å². The molecular formula is C23H29ClF2N5O11P. The van der Waals surface area contributed by atoms with Crippen molar-refractivity contribution in [1.29, 1.82) is 0 Å². The number of carbonyl (C=O) groups is 1. The van der Waals surface area contributed by atoms with Crippen LogP contribution < -0.4 is 11.0 Å². The van der Waals surface area contributed by atoms with E-state index in [1.54, 1.807) is 0 Å². The Balaban J connectivity index is 1.74. The predicted molar refractivity (Wildman–Crippen MR) is 145 cm³/mol. The molecule has 1 unspecified atom stereocenters. The number of aromatic nitrogens is 2. The van der Waals surface area contributed by atoms with Crippen LogP contribution in [0.1, 0.15) is 24.8 Å². The monoisotopic (exact) mass is 655 g/mol. The molecule has 2 N–H and O–H groups in total. The van der Waals surface area contributed by atoms with E-state index in [4.69, 9.17) is 34.5 Å². The van der Waals surface area contributed by atoms with Gasteiger partial charge in [0.1, 0.15) is 35.8 Å². The second-order valence-electron chi connectivity index (χ2n) is 8.97. The average molecular weight is 656 g/mol. The van der Waals surface area contributed by atoms with Crippen molar-refractivity contribution in [2.75, 3.05) is 38.0 Å². The molecule has 16 nitrogen and oxygen atoms in total. The predicted octanol–water partition coefficient (Wildman–Crippen LogP) is 3.66. The van der Waals surface area contributed by atoms with Gasteiger partial charge in [-0.2, -0.15) is 13.8 Å². The Labute approximate surface area is 247 Å². The lowest BCUT2D eigenvalue weighted by molar-refractivity contribution is -0.402. The molecule has 1 fully saturated rings. The third-order valence-corrected chi connectivity index (χ3v) is 8.14. The summed E-state index contributed by atoms with van der Waals surface area (Å²) in [5.41, 5.74) is -1.25. The lowest BCUT2D eigenvalue weighted by Gasteiger charge is -2.28. The number of anilines is 1. The first kappa shape index (κ1) is 34.2. The molecule has 3 rings (SSSR count). The number of furan rings is 1. The van der Waals surface area contributed by atoms with Gasteiger partial charge in [-0.05, 0) is 32.0 Å². The van der Waals surface area contributed by atoms with Gasteiger partial charge in [0.2, 0.25) is 6.23 Å². The first-order chi connectivity index (χ1) is 20.3. The Kier molecular flexibility index (Phi) is 11.9. The number of rotatable bonds is 16. The summed E-state index contributed by atoms with van der Waals surface area (Å²) >= 11 is 5.69. The Morgan fingerprint density at radius 2 is 2.14 bits per heavy atom. The van der Waals surface area contributed by atoms with E-state index in [-0.39, 0.29) is 24.7 Å². The lowest BCUT2D eigenvalue weighted by atomic mass is 10.1. The van der Waals surface area contributed by atoms with Crippen LogP contribution in [-0.4, -0.2) is 81.2 Å². The van der Waals surface area contributed by atoms with Gasteiger partial charge < -0.3 is 19.0 Å². The van der Waals surface area contributed by atoms with Crippen LogP contribution >= 0.6 is 19.3 Å². The van der Waals surface area contributed by atoms with E-state index in [2.05, 4.69) is 16.9 Å². The van der Waals surface area contributed by atoms with E-state index < -0.39 is 67.9 Å². The smallest absolute Gasteiger partial charge is 0.433 e. The number of ether oxygens (including phenoxy) is 2. The summed E-state index contributed by atoms with van der Waals surface area (Å²) in [6.07, 6.45) is -4.45. The number of nitro groups is 1. The molecule has 0 aromatic carbocycles. The summed E-state index contributed by atoms with van der Waals surface area (Å²) in [4.78, 5) is 37.7. The standard InChI is InChI=1S/C23H29ClF2N5O11P/c1-3-12-38-22(34)28-17-8-11-30(21(33)27-17)20-23(25,26)19(32)16(42-20)14-40-43(37,29(2)10-5-4-9-24)39-13-15-6-7-18(41-15)31(35)36/h3,6-8,11,16,19-20,32H,1,4-5,9-10,12-14H2,2H3,(H,27,28,33,34)/t16-,19-,20-,43?/m1/s1. The third-order valence-electron chi connectivity index (χ3n) is 5.91. The van der Waals surface area contributed by atoms with E-state index in [1.807, 2.05) is 0 Å². The number of nitrogens with zero attached hydrogens (tertiary/aromatic N) is 4. The number of aliphatic hydroxyl groups is 1. The Bertz CT molecular complexity index is 1390. The van der Waals surface area contributed by atoms with Crippen LogP contribution in [0.2, 0.25) is 0 Å². The number of alkyl halides is 3. The fourth-order valence-electron chi connectivity index (χ4n) is 3.69. The van der Waals surface area contributed by atoms with Gasteiger partial charge in [0.05, 0.1) is 12.7 Å². The maximum Gasteiger partial charge on any atom is 0.433 e. The molecule has 1 aliphatic rings. The average Bonchev–Trinajstić information content (AvgIpc) is 3.53. The number of nitrogens with one attached hydrogen (secondary N) is 1. The van der Waals surface area contributed by atoms with E-state index in [9.17, 15) is 29.4 Å². The van der Waals surface area contributed by atoms with Gasteiger partial charge in [-0.25, -0.2) is 18.8 Å². The van der Waals surface area contributed by atoms with Crippen molar-refractivity contribution < 1.29 is 51.1 Å². The summed E-state index contributed by atoms with van der Waals surface area (Å²) in [5.74, 6) is -4.66. The Morgan fingerprint density at radius 3 is 2.77 bits per heavy atom. The summed E-state index contributed by atoms with van der Waals surface area (Å²) in [6.45, 7) is 1.97. The molecule has 20 heteroatoms. The summed E-state index contributed by atoms with van der Waals surface area (Å²) in [5, 5.41) is 23.4. The molecule has 0 bridgehead atoms. The third kappa shape index (κ3) is 8.66. The highest BCUT2D eigenvalue weighted by Crippen LogP contribution is 2.53. The number of unbranched alkanes of at least 4 members (excludes halogenated alkanes) is 1. The lowest BCUT2D eigenvalue weighted by Crippen LogP contribution is -2.42. The zero-order chi connectivity index (χ0) is 31.8. The fourth-order valence-corrected chi connectivity index (χ4v) is 5.36. The van der Waals surface area contributed by atoms with Crippen LogP contribution in [0.15, 0.2) is 46.3 Å². The number of amides is 1. The van der Waals surface area contributed by atoms with Crippen molar-refractivity contribution >= 4 is 37.1 Å². The normalized spacial score (nSPS) is 20.9. The largest absolute Gasteiger partial charge is 0.445 e. The van der Waals surface area contributed by atoms with Gasteiger partial charge in [0.15, 0.2) is 6.10 Å². The molecule has 1 saturated heterocycles. The van der Waals surface area contributed by atoms with Gasteiger partial charge in [0.25, 0.3) is 0 Å². The minimum absolute atomic E-state index is 0.0628. The van der Waals surface area contributed by atoms with Crippen molar-refractivity contribution in [1.82, 2.24) is 14.2 Å². The summed E-state index contributed by atoms with van der Waals surface area (Å²) < 4.78 is 71.2. The van der Waals surface area contributed by atoms with Gasteiger partial charge >= 0.3 is 31.3 Å². The molecule has 43 heavy (non-hydrogen) atoms. The van der Waals surface area contributed by atoms with E-state index in [0.717, 1.165) is 18.3 Å². The Morgan fingerprint density at radius 1 is 1.40 bits per heavy atom. The second kappa shape index (κ2) is 15.0. The minimum Gasteiger partial charge on any atom is -0.445 e. The minimum atomic E-state index is -4.30. The van der Waals surface area contributed by atoms with Crippen molar-refractivity contribution in [2.24, 2.45) is 0 Å². The topological polar surface area (TPSA) is 198 Å². The first-order valence-electron chi connectivity index (χ1n) is 12.6. The molecule has 3 heterocycles. The van der Waals surface area contributed by atoms with Gasteiger partial charge in [-0.1, -0.05) is 12.7 Å². The Hall–Kier alpha value is -3.25. The van der Waals surface area contributed by atoms with Crippen LogP contribution in [0.25, 0.3) is 0 Å². The zero-order valence-electron chi connectivity index (χ0n) is 22.7. The summed E-state index contributed by atoms with van der Waals surface area (Å²) in [6, 6.07) is 3.32. The van der Waals surface area contributed by atoms with Crippen molar-refractivity contribution in [3.63, 3.8) is 0 Å². The number of hydrogen-bond donors (Lipinski definition) is 2. The fraction of sp³-hybridized carbons (Fsp3) is 0.522. The molecule has 1 amide bonds. The zero-order valence-corrected chi connectivity index (χ0v) is 24.3. The molecule has 2 aromatic heterocycles. The number of hydrogen-bond acceptors (Lipinski definition) is 12. The maximum absolute atomic E-state index is 15.1. The van der Waals surface area contributed by atoms with Crippen molar-refractivity contribution in [2.45, 2.75) is 43.8 Å². The van der Waals surface area contributed by atoms with Crippen LogP contribution in [0.3, 0.4) is 0 Å². The second-order valence-corrected chi connectivity index (χ2v) is 11.5. The van der Waals surface area contributed by atoms with Crippen molar-refractivity contribution in [3.8, 4) is 0 Å². The SMILES string of the molecule is C=CCOC(=O)Nc1ccn([C@@H]2O[C@H](COP(=O)(OCc3ccc([N+](=O)[O-])o3)N(C)CCCCCl)[C@@H](O)C2(F)F)c(=O)n1. The first-order valence-corrected chi connectivity index (χ1v) is 14.6. The molecule has 0 radical (unpaired) electrons. The number of aliphatic hydroxyl groups excluding tert-OH is 1. The molecule has 2 aromatic rings. The highest BCUT2D eigenvalue weighted by Gasteiger charge is 2.60. The molecule has 238 valence electrons. The molecule has 0 aliphatic carbocycles. The van der Waals surface area contributed by atoms with E-state index in [1.165, 1.54) is 23.9 Å². The van der Waals surface area contributed by atoms with Crippen LogP contribution in [0.4, 0.5) is 25.3 Å². The van der Waals surface area contributed by atoms with Crippen LogP contribution in [0.5, 0.6) is 0 Å². The summed E-state index contributed by atoms with van der Waals surface area (Å²) in [7, 11) is -2.92. The number of carbonyl (C=O) groups excluding carboxylic acids is 1.